The van der Waals surface area contributed by atoms with Gasteiger partial charge in [0.25, 0.3) is 0 Å². The molecule has 2 rings (SSSR count). The summed E-state index contributed by atoms with van der Waals surface area (Å²) >= 11 is 0. The molecule has 0 spiro atoms. The van der Waals surface area contributed by atoms with E-state index in [9.17, 15) is 4.79 Å². The lowest BCUT2D eigenvalue weighted by molar-refractivity contribution is -0.127. The van der Waals surface area contributed by atoms with Gasteiger partial charge < -0.3 is 10.1 Å². The second-order valence-corrected chi connectivity index (χ2v) is 4.47. The molecular weight excluding hydrogens is 218 g/mol. The first-order chi connectivity index (χ1) is 8.22. The molecule has 1 aromatic heterocycles. The van der Waals surface area contributed by atoms with Crippen molar-refractivity contribution in [2.75, 3.05) is 6.61 Å². The van der Waals surface area contributed by atoms with Crippen molar-refractivity contribution in [2.24, 2.45) is 5.92 Å². The zero-order valence-corrected chi connectivity index (χ0v) is 10.3. The Morgan fingerprint density at radius 1 is 1.76 bits per heavy atom. The molecule has 3 unspecified atom stereocenters. The molecule has 17 heavy (non-hydrogen) atoms. The van der Waals surface area contributed by atoms with Crippen LogP contribution in [0.25, 0.3) is 0 Å². The van der Waals surface area contributed by atoms with Crippen LogP contribution < -0.4 is 5.32 Å². The number of ether oxygens (including phenoxy) is 1. The predicted octanol–water partition coefficient (Wildman–Crippen LogP) is 1.40. The highest BCUT2D eigenvalue weighted by Crippen LogP contribution is 2.24. The van der Waals surface area contributed by atoms with Crippen LogP contribution in [0, 0.1) is 5.92 Å². The normalized spacial score (nSPS) is 25.8. The van der Waals surface area contributed by atoms with Crippen molar-refractivity contribution in [1.82, 2.24) is 15.5 Å². The Labute approximate surface area is 101 Å². The third-order valence-electron chi connectivity index (χ3n) is 3.33. The molecule has 2 N–H and O–H groups in total. The van der Waals surface area contributed by atoms with Crippen LogP contribution in [0.4, 0.5) is 0 Å². The monoisotopic (exact) mass is 237 g/mol. The third kappa shape index (κ3) is 2.66. The molecule has 0 radical (unpaired) electrons. The number of aromatic amines is 1. The van der Waals surface area contributed by atoms with Gasteiger partial charge in [-0.05, 0) is 19.8 Å². The molecule has 1 aliphatic heterocycles. The number of nitrogens with zero attached hydrogens (tertiary/aromatic N) is 1. The van der Waals surface area contributed by atoms with Crippen molar-refractivity contribution < 1.29 is 9.53 Å². The molecular formula is C12H19N3O2. The van der Waals surface area contributed by atoms with Gasteiger partial charge in [-0.3, -0.25) is 9.89 Å². The topological polar surface area (TPSA) is 67.0 Å². The molecule has 0 bridgehead atoms. The lowest BCUT2D eigenvalue weighted by Gasteiger charge is -2.19. The highest BCUT2D eigenvalue weighted by atomic mass is 16.5. The minimum absolute atomic E-state index is 0.00523. The average molecular weight is 237 g/mol. The molecule has 1 amide bonds. The Hall–Kier alpha value is -1.36. The lowest BCUT2D eigenvalue weighted by Crippen LogP contribution is -2.36. The van der Waals surface area contributed by atoms with Crippen LogP contribution in [0.15, 0.2) is 12.4 Å². The Morgan fingerprint density at radius 3 is 3.24 bits per heavy atom. The van der Waals surface area contributed by atoms with Crippen LogP contribution >= 0.6 is 0 Å². The van der Waals surface area contributed by atoms with E-state index in [0.717, 1.165) is 18.4 Å². The highest BCUT2D eigenvalue weighted by Gasteiger charge is 2.33. The lowest BCUT2D eigenvalue weighted by atomic mass is 9.98. The van der Waals surface area contributed by atoms with E-state index in [4.69, 9.17) is 4.74 Å². The minimum atomic E-state index is -0.0145. The molecule has 1 saturated heterocycles. The summed E-state index contributed by atoms with van der Waals surface area (Å²) in [6.07, 6.45) is 5.31. The standard InChI is InChI=1S/C12H19N3O2/c1-3-11-10(4-5-17-11)12(16)15-8(2)9-6-13-14-7-9/h6-8,10-11H,3-5H2,1-2H3,(H,13,14)(H,15,16). The summed E-state index contributed by atoms with van der Waals surface area (Å²) in [6, 6.07) is -0.0145. The summed E-state index contributed by atoms with van der Waals surface area (Å²) in [6.45, 7) is 4.70. The quantitative estimate of drug-likeness (QED) is 0.831. The van der Waals surface area contributed by atoms with E-state index in [1.54, 1.807) is 12.4 Å². The first kappa shape index (κ1) is 12.1. The maximum atomic E-state index is 12.1. The zero-order valence-electron chi connectivity index (χ0n) is 10.3. The number of aromatic nitrogens is 2. The van der Waals surface area contributed by atoms with Gasteiger partial charge in [-0.15, -0.1) is 0 Å². The van der Waals surface area contributed by atoms with Gasteiger partial charge in [-0.1, -0.05) is 6.92 Å². The predicted molar refractivity (Wildman–Crippen MR) is 63.3 cm³/mol. The van der Waals surface area contributed by atoms with Crippen molar-refractivity contribution in [2.45, 2.75) is 38.8 Å². The number of hydrogen-bond donors (Lipinski definition) is 2. The Bertz CT molecular complexity index is 364. The molecule has 0 aromatic carbocycles. The van der Waals surface area contributed by atoms with Crippen molar-refractivity contribution in [1.29, 1.82) is 0 Å². The number of amides is 1. The number of carbonyl (C=O) groups is 1. The fraction of sp³-hybridized carbons (Fsp3) is 0.667. The molecule has 5 heteroatoms. The smallest absolute Gasteiger partial charge is 0.226 e. The molecule has 3 atom stereocenters. The van der Waals surface area contributed by atoms with E-state index < -0.39 is 0 Å². The fourth-order valence-electron chi connectivity index (χ4n) is 2.25. The number of H-pyrrole nitrogens is 1. The molecule has 0 aliphatic carbocycles. The Balaban J connectivity index is 1.92. The van der Waals surface area contributed by atoms with Gasteiger partial charge in [0.2, 0.25) is 5.91 Å². The first-order valence-electron chi connectivity index (χ1n) is 6.13. The van der Waals surface area contributed by atoms with Gasteiger partial charge in [0.1, 0.15) is 0 Å². The summed E-state index contributed by atoms with van der Waals surface area (Å²) in [5.41, 5.74) is 0.991. The second kappa shape index (κ2) is 5.31. The number of nitrogens with one attached hydrogen (secondary N) is 2. The van der Waals surface area contributed by atoms with Crippen molar-refractivity contribution in [3.8, 4) is 0 Å². The summed E-state index contributed by atoms with van der Waals surface area (Å²) in [5, 5.41) is 9.64. The van der Waals surface area contributed by atoms with Crippen LogP contribution in [0.5, 0.6) is 0 Å². The number of carbonyl (C=O) groups excluding carboxylic acids is 1. The maximum absolute atomic E-state index is 12.1. The zero-order chi connectivity index (χ0) is 12.3. The molecule has 0 saturated carbocycles. The van der Waals surface area contributed by atoms with Crippen LogP contribution in [0.3, 0.4) is 0 Å². The molecule has 1 aliphatic rings. The van der Waals surface area contributed by atoms with E-state index in [1.165, 1.54) is 0 Å². The van der Waals surface area contributed by atoms with Crippen LogP contribution in [0.2, 0.25) is 0 Å². The van der Waals surface area contributed by atoms with Gasteiger partial charge in [0.15, 0.2) is 0 Å². The fourth-order valence-corrected chi connectivity index (χ4v) is 2.25. The number of rotatable bonds is 4. The SMILES string of the molecule is CCC1OCCC1C(=O)NC(C)c1cn[nH]c1. The molecule has 1 aromatic rings. The summed E-state index contributed by atoms with van der Waals surface area (Å²) in [5.74, 6) is 0.0809. The Kier molecular flexibility index (Phi) is 3.78. The van der Waals surface area contributed by atoms with Crippen molar-refractivity contribution in [3.63, 3.8) is 0 Å². The van der Waals surface area contributed by atoms with Crippen molar-refractivity contribution >= 4 is 5.91 Å². The van der Waals surface area contributed by atoms with E-state index in [0.29, 0.717) is 6.61 Å². The van der Waals surface area contributed by atoms with E-state index >= 15 is 0 Å². The van der Waals surface area contributed by atoms with E-state index in [1.807, 2.05) is 6.92 Å². The maximum Gasteiger partial charge on any atom is 0.226 e. The summed E-state index contributed by atoms with van der Waals surface area (Å²) < 4.78 is 5.53. The summed E-state index contributed by atoms with van der Waals surface area (Å²) in [4.78, 5) is 12.1. The molecule has 2 heterocycles. The second-order valence-electron chi connectivity index (χ2n) is 4.47. The highest BCUT2D eigenvalue weighted by molar-refractivity contribution is 5.79. The van der Waals surface area contributed by atoms with E-state index in [2.05, 4.69) is 22.4 Å². The van der Waals surface area contributed by atoms with Gasteiger partial charge in [-0.2, -0.15) is 5.10 Å². The minimum Gasteiger partial charge on any atom is -0.377 e. The third-order valence-corrected chi connectivity index (χ3v) is 3.33. The van der Waals surface area contributed by atoms with Crippen LogP contribution in [-0.4, -0.2) is 28.8 Å². The van der Waals surface area contributed by atoms with Crippen molar-refractivity contribution in [3.05, 3.63) is 18.0 Å². The Morgan fingerprint density at radius 2 is 2.59 bits per heavy atom. The van der Waals surface area contributed by atoms with Crippen LogP contribution in [0.1, 0.15) is 38.3 Å². The largest absolute Gasteiger partial charge is 0.377 e. The first-order valence-corrected chi connectivity index (χ1v) is 6.13. The summed E-state index contributed by atoms with van der Waals surface area (Å²) in [7, 11) is 0. The van der Waals surface area contributed by atoms with Gasteiger partial charge >= 0.3 is 0 Å². The molecule has 1 fully saturated rings. The van der Waals surface area contributed by atoms with Gasteiger partial charge in [0.05, 0.1) is 24.3 Å². The molecule has 5 nitrogen and oxygen atoms in total. The average Bonchev–Trinajstić information content (AvgIpc) is 2.99. The van der Waals surface area contributed by atoms with Gasteiger partial charge in [-0.25, -0.2) is 0 Å². The molecule has 94 valence electrons. The van der Waals surface area contributed by atoms with Gasteiger partial charge in [0, 0.05) is 18.4 Å². The van der Waals surface area contributed by atoms with Crippen LogP contribution in [-0.2, 0) is 9.53 Å². The number of hydrogen-bond acceptors (Lipinski definition) is 3. The van der Waals surface area contributed by atoms with E-state index in [-0.39, 0.29) is 24.0 Å².